The van der Waals surface area contributed by atoms with Gasteiger partial charge < -0.3 is 11.1 Å². The van der Waals surface area contributed by atoms with Crippen LogP contribution in [0.1, 0.15) is 23.7 Å². The molecule has 4 nitrogen and oxygen atoms in total. The monoisotopic (exact) mass is 383 g/mol. The summed E-state index contributed by atoms with van der Waals surface area (Å²) >= 11 is 3.49. The Morgan fingerprint density at radius 3 is 2.71 bits per heavy atom. The van der Waals surface area contributed by atoms with E-state index in [0.29, 0.717) is 22.9 Å². The summed E-state index contributed by atoms with van der Waals surface area (Å²) in [6.45, 7) is 2.09. The second-order valence-electron chi connectivity index (χ2n) is 5.82. The summed E-state index contributed by atoms with van der Waals surface area (Å²) in [6, 6.07) is 11.2. The van der Waals surface area contributed by atoms with E-state index < -0.39 is 0 Å². The van der Waals surface area contributed by atoms with Gasteiger partial charge in [-0.1, -0.05) is 31.2 Å². The number of nitrogens with zero attached hydrogens (tertiary/aromatic N) is 1. The van der Waals surface area contributed by atoms with E-state index in [9.17, 15) is 4.79 Å². The number of carbonyl (C=O) groups excluding carboxylic acids is 1. The Morgan fingerprint density at radius 2 is 2.04 bits per heavy atom. The lowest BCUT2D eigenvalue weighted by Crippen LogP contribution is -2.27. The summed E-state index contributed by atoms with van der Waals surface area (Å²) < 4.78 is 0.918. The summed E-state index contributed by atoms with van der Waals surface area (Å²) in [5, 5.41) is 2.88. The molecule has 0 bridgehead atoms. The van der Waals surface area contributed by atoms with Crippen molar-refractivity contribution in [2.24, 2.45) is 11.7 Å². The summed E-state index contributed by atoms with van der Waals surface area (Å²) in [5.74, 6) is 0.237. The van der Waals surface area contributed by atoms with Gasteiger partial charge in [0.25, 0.3) is 5.91 Å². The molecule has 0 radical (unpaired) electrons. The Bertz CT molecular complexity index is 825. The number of hydrogen-bond acceptors (Lipinski definition) is 3. The van der Waals surface area contributed by atoms with Gasteiger partial charge in [0.2, 0.25) is 0 Å². The fourth-order valence-electron chi connectivity index (χ4n) is 2.58. The molecular formula is C19H18BrN3O. The average Bonchev–Trinajstić information content (AvgIpc) is 2.58. The Kier molecular flexibility index (Phi) is 4.81. The standard InChI is InChI=1S/C19H18BrN3O/c1-12-4-9-17(16(21)11-12)23-19(24)14-7-5-13(6-8-14)18-15(20)3-2-10-22-18/h2-3,5-12H,4,21H2,1H3,(H,23,24). The van der Waals surface area contributed by atoms with Gasteiger partial charge in [-0.3, -0.25) is 9.78 Å². The van der Waals surface area contributed by atoms with E-state index >= 15 is 0 Å². The molecule has 0 saturated carbocycles. The van der Waals surface area contributed by atoms with Crippen LogP contribution in [0.3, 0.4) is 0 Å². The van der Waals surface area contributed by atoms with Gasteiger partial charge in [0.05, 0.1) is 17.1 Å². The zero-order chi connectivity index (χ0) is 17.1. The predicted molar refractivity (Wildman–Crippen MR) is 99.0 cm³/mol. The molecule has 1 aliphatic carbocycles. The summed E-state index contributed by atoms with van der Waals surface area (Å²) in [7, 11) is 0. The number of rotatable bonds is 3. The summed E-state index contributed by atoms with van der Waals surface area (Å²) in [5.41, 5.74) is 9.67. The van der Waals surface area contributed by atoms with Crippen LogP contribution >= 0.6 is 15.9 Å². The molecule has 1 aromatic heterocycles. The number of hydrogen-bond donors (Lipinski definition) is 2. The first-order chi connectivity index (χ1) is 11.5. The van der Waals surface area contributed by atoms with Gasteiger partial charge in [0.15, 0.2) is 0 Å². The minimum absolute atomic E-state index is 0.168. The van der Waals surface area contributed by atoms with E-state index in [2.05, 4.69) is 33.2 Å². The van der Waals surface area contributed by atoms with Crippen molar-refractivity contribution in [2.75, 3.05) is 0 Å². The number of benzene rings is 1. The highest BCUT2D eigenvalue weighted by molar-refractivity contribution is 9.10. The van der Waals surface area contributed by atoms with Crippen molar-refractivity contribution in [3.05, 3.63) is 76.2 Å². The molecular weight excluding hydrogens is 366 g/mol. The molecule has 1 aliphatic rings. The highest BCUT2D eigenvalue weighted by Crippen LogP contribution is 2.25. The van der Waals surface area contributed by atoms with E-state index in [0.717, 1.165) is 22.2 Å². The molecule has 0 spiro atoms. The third-order valence-corrected chi connectivity index (χ3v) is 4.54. The van der Waals surface area contributed by atoms with Gasteiger partial charge >= 0.3 is 0 Å². The molecule has 2 aromatic rings. The molecule has 5 heteroatoms. The lowest BCUT2D eigenvalue weighted by Gasteiger charge is -2.17. The van der Waals surface area contributed by atoms with Gasteiger partial charge in [-0.15, -0.1) is 0 Å². The molecule has 0 fully saturated rings. The fraction of sp³-hybridized carbons (Fsp3) is 0.158. The zero-order valence-corrected chi connectivity index (χ0v) is 14.9. The number of halogens is 1. The summed E-state index contributed by atoms with van der Waals surface area (Å²) in [6.07, 6.45) is 6.56. The molecule has 1 amide bonds. The van der Waals surface area contributed by atoms with Gasteiger partial charge in [-0.25, -0.2) is 0 Å². The Balaban J connectivity index is 1.75. The van der Waals surface area contributed by atoms with Crippen LogP contribution in [-0.2, 0) is 0 Å². The number of pyridine rings is 1. The van der Waals surface area contributed by atoms with Crippen LogP contribution < -0.4 is 11.1 Å². The van der Waals surface area contributed by atoms with Crippen molar-refractivity contribution in [1.82, 2.24) is 10.3 Å². The molecule has 0 aliphatic heterocycles. The average molecular weight is 384 g/mol. The maximum Gasteiger partial charge on any atom is 0.255 e. The van der Waals surface area contributed by atoms with Crippen molar-refractivity contribution >= 4 is 21.8 Å². The molecule has 122 valence electrons. The maximum atomic E-state index is 12.4. The molecule has 3 N–H and O–H groups in total. The van der Waals surface area contributed by atoms with Gasteiger partial charge in [0.1, 0.15) is 0 Å². The first-order valence-corrected chi connectivity index (χ1v) is 8.54. The summed E-state index contributed by atoms with van der Waals surface area (Å²) in [4.78, 5) is 16.7. The van der Waals surface area contributed by atoms with Gasteiger partial charge in [0, 0.05) is 21.8 Å². The minimum atomic E-state index is -0.168. The van der Waals surface area contributed by atoms with Crippen molar-refractivity contribution in [2.45, 2.75) is 13.3 Å². The van der Waals surface area contributed by atoms with Gasteiger partial charge in [-0.2, -0.15) is 0 Å². The second kappa shape index (κ2) is 7.01. The topological polar surface area (TPSA) is 68.0 Å². The van der Waals surface area contributed by atoms with Crippen molar-refractivity contribution < 1.29 is 4.79 Å². The highest BCUT2D eigenvalue weighted by atomic mass is 79.9. The fourth-order valence-corrected chi connectivity index (χ4v) is 3.07. The lowest BCUT2D eigenvalue weighted by atomic mass is 9.99. The van der Waals surface area contributed by atoms with Gasteiger partial charge in [-0.05, 0) is 52.5 Å². The van der Waals surface area contributed by atoms with Crippen molar-refractivity contribution in [3.8, 4) is 11.3 Å². The van der Waals surface area contributed by atoms with E-state index in [1.54, 1.807) is 18.3 Å². The third-order valence-electron chi connectivity index (χ3n) is 3.90. The van der Waals surface area contributed by atoms with Crippen molar-refractivity contribution in [1.29, 1.82) is 0 Å². The smallest absolute Gasteiger partial charge is 0.255 e. The lowest BCUT2D eigenvalue weighted by molar-refractivity contribution is 0.0966. The zero-order valence-electron chi connectivity index (χ0n) is 13.3. The number of amides is 1. The van der Waals surface area contributed by atoms with Crippen molar-refractivity contribution in [3.63, 3.8) is 0 Å². The Hall–Kier alpha value is -2.40. The van der Waals surface area contributed by atoms with E-state index in [1.165, 1.54) is 0 Å². The number of carbonyl (C=O) groups is 1. The van der Waals surface area contributed by atoms with Crippen LogP contribution in [0.4, 0.5) is 0 Å². The normalized spacial score (nSPS) is 17.0. The number of nitrogens with one attached hydrogen (secondary N) is 1. The third kappa shape index (κ3) is 3.57. The number of nitrogens with two attached hydrogens (primary N) is 1. The first-order valence-electron chi connectivity index (χ1n) is 7.74. The second-order valence-corrected chi connectivity index (χ2v) is 6.67. The van der Waals surface area contributed by atoms with E-state index in [4.69, 9.17) is 5.73 Å². The molecule has 24 heavy (non-hydrogen) atoms. The molecule has 1 atom stereocenters. The first kappa shape index (κ1) is 16.5. The van der Waals surface area contributed by atoms with Crippen LogP contribution in [0, 0.1) is 5.92 Å². The van der Waals surface area contributed by atoms with E-state index in [-0.39, 0.29) is 5.91 Å². The van der Waals surface area contributed by atoms with Crippen LogP contribution in [0.25, 0.3) is 11.3 Å². The molecule has 1 unspecified atom stereocenters. The SMILES string of the molecule is CC1C=C(N)C(NC(=O)c2ccc(-c3ncccc3Br)cc2)=CC1. The van der Waals surface area contributed by atoms with Crippen LogP contribution in [0.5, 0.6) is 0 Å². The highest BCUT2D eigenvalue weighted by Gasteiger charge is 2.14. The Morgan fingerprint density at radius 1 is 1.29 bits per heavy atom. The van der Waals surface area contributed by atoms with Crippen LogP contribution in [0.2, 0.25) is 0 Å². The molecule has 1 aromatic carbocycles. The molecule has 1 heterocycles. The number of allylic oxidation sites excluding steroid dienone is 2. The maximum absolute atomic E-state index is 12.4. The van der Waals surface area contributed by atoms with Crippen LogP contribution in [0.15, 0.2) is 70.6 Å². The molecule has 3 rings (SSSR count). The molecule has 0 saturated heterocycles. The van der Waals surface area contributed by atoms with E-state index in [1.807, 2.05) is 36.4 Å². The van der Waals surface area contributed by atoms with Crippen LogP contribution in [-0.4, -0.2) is 10.9 Å². The quantitative estimate of drug-likeness (QED) is 0.841. The Labute approximate surface area is 149 Å². The number of aromatic nitrogens is 1. The largest absolute Gasteiger partial charge is 0.397 e. The predicted octanol–water partition coefficient (Wildman–Crippen LogP) is 4.01. The minimum Gasteiger partial charge on any atom is -0.397 e.